The van der Waals surface area contributed by atoms with Gasteiger partial charge in [-0.2, -0.15) is 4.98 Å². The van der Waals surface area contributed by atoms with Crippen LogP contribution in [0.2, 0.25) is 0 Å². The minimum atomic E-state index is 0.0564. The Labute approximate surface area is 170 Å². The molecule has 1 aromatic carbocycles. The first-order chi connectivity index (χ1) is 14.2. The van der Waals surface area contributed by atoms with Crippen LogP contribution in [0.25, 0.3) is 5.69 Å². The van der Waals surface area contributed by atoms with Crippen molar-refractivity contribution in [2.45, 2.75) is 20.0 Å². The molecule has 2 aromatic heterocycles. The predicted octanol–water partition coefficient (Wildman–Crippen LogP) is 2.81. The van der Waals surface area contributed by atoms with Crippen LogP contribution in [0.15, 0.2) is 48.9 Å². The van der Waals surface area contributed by atoms with Crippen LogP contribution in [-0.4, -0.2) is 63.6 Å². The van der Waals surface area contributed by atoms with Crippen LogP contribution >= 0.6 is 0 Å². The van der Waals surface area contributed by atoms with Crippen LogP contribution in [0.3, 0.4) is 0 Å². The molecule has 1 fully saturated rings. The highest BCUT2D eigenvalue weighted by Crippen LogP contribution is 2.23. The summed E-state index contributed by atoms with van der Waals surface area (Å²) in [6, 6.07) is 11.8. The molecule has 1 unspecified atom stereocenters. The van der Waals surface area contributed by atoms with E-state index >= 15 is 0 Å². The number of aromatic nitrogens is 4. The van der Waals surface area contributed by atoms with Crippen molar-refractivity contribution in [2.75, 3.05) is 38.2 Å². The number of para-hydroxylation sites is 1. The Morgan fingerprint density at radius 2 is 1.97 bits per heavy atom. The molecule has 0 aliphatic carbocycles. The summed E-state index contributed by atoms with van der Waals surface area (Å²) in [6.45, 7) is 8.35. The molecule has 29 heavy (non-hydrogen) atoms. The number of anilines is 2. The Kier molecular flexibility index (Phi) is 6.02. The van der Waals surface area contributed by atoms with Gasteiger partial charge in [0.2, 0.25) is 5.95 Å². The Hall–Kier alpha value is -2.97. The molecule has 4 rings (SSSR count). The number of ether oxygens (including phenoxy) is 2. The third-order valence-corrected chi connectivity index (χ3v) is 4.78. The summed E-state index contributed by atoms with van der Waals surface area (Å²) in [5.74, 6) is 1.23. The number of aryl methyl sites for hydroxylation is 1. The molecular formula is C21H26N6O2. The van der Waals surface area contributed by atoms with E-state index in [1.54, 1.807) is 17.2 Å². The van der Waals surface area contributed by atoms with Gasteiger partial charge in [-0.3, -0.25) is 9.88 Å². The van der Waals surface area contributed by atoms with E-state index in [9.17, 15) is 0 Å². The Morgan fingerprint density at radius 3 is 2.76 bits per heavy atom. The van der Waals surface area contributed by atoms with Crippen LogP contribution < -0.4 is 10.1 Å². The van der Waals surface area contributed by atoms with E-state index < -0.39 is 0 Å². The summed E-state index contributed by atoms with van der Waals surface area (Å²) in [6.07, 6.45) is 3.50. The summed E-state index contributed by atoms with van der Waals surface area (Å²) < 4.78 is 13.2. The summed E-state index contributed by atoms with van der Waals surface area (Å²) >= 11 is 0. The molecule has 1 N–H and O–H groups in total. The van der Waals surface area contributed by atoms with E-state index in [1.807, 2.05) is 43.3 Å². The maximum atomic E-state index is 6.09. The third kappa shape index (κ3) is 5.10. The molecule has 0 bridgehead atoms. The van der Waals surface area contributed by atoms with Gasteiger partial charge in [-0.25, -0.2) is 4.68 Å². The van der Waals surface area contributed by atoms with Gasteiger partial charge in [0.15, 0.2) is 0 Å². The molecule has 1 saturated heterocycles. The number of nitrogens with zero attached hydrogens (tertiary/aromatic N) is 5. The van der Waals surface area contributed by atoms with Crippen molar-refractivity contribution in [1.29, 1.82) is 0 Å². The van der Waals surface area contributed by atoms with E-state index in [1.165, 1.54) is 0 Å². The molecule has 1 atom stereocenters. The first-order valence-electron chi connectivity index (χ1n) is 9.85. The maximum absolute atomic E-state index is 6.09. The lowest BCUT2D eigenvalue weighted by Crippen LogP contribution is -2.41. The number of hydrogen-bond acceptors (Lipinski definition) is 7. The minimum absolute atomic E-state index is 0.0564. The van der Waals surface area contributed by atoms with Gasteiger partial charge in [0.05, 0.1) is 36.5 Å². The smallest absolute Gasteiger partial charge is 0.247 e. The van der Waals surface area contributed by atoms with Gasteiger partial charge in [-0.1, -0.05) is 18.2 Å². The zero-order valence-corrected chi connectivity index (χ0v) is 16.8. The molecule has 0 amide bonds. The molecule has 3 heterocycles. The van der Waals surface area contributed by atoms with Crippen LogP contribution in [0.5, 0.6) is 5.75 Å². The Balaban J connectivity index is 1.41. The molecular weight excluding hydrogens is 368 g/mol. The van der Waals surface area contributed by atoms with E-state index in [-0.39, 0.29) is 6.10 Å². The molecule has 8 nitrogen and oxygen atoms in total. The van der Waals surface area contributed by atoms with Crippen molar-refractivity contribution in [3.8, 4) is 11.4 Å². The van der Waals surface area contributed by atoms with E-state index in [0.29, 0.717) is 5.95 Å². The highest BCUT2D eigenvalue weighted by Gasteiger charge is 2.15. The van der Waals surface area contributed by atoms with Crippen molar-refractivity contribution >= 4 is 11.6 Å². The lowest BCUT2D eigenvalue weighted by Gasteiger charge is -2.29. The number of rotatable bonds is 7. The number of benzene rings is 1. The molecule has 0 spiro atoms. The SMILES string of the molecule is Cc1ncc(OC(C)CN2CCOCC2)cc1Nc1ncn(-c2ccccc2)n1. The number of morpholine rings is 1. The average molecular weight is 394 g/mol. The molecule has 152 valence electrons. The fourth-order valence-corrected chi connectivity index (χ4v) is 3.27. The largest absolute Gasteiger partial charge is 0.488 e. The summed E-state index contributed by atoms with van der Waals surface area (Å²) in [7, 11) is 0. The Bertz CT molecular complexity index is 924. The molecule has 0 saturated carbocycles. The zero-order chi connectivity index (χ0) is 20.1. The fourth-order valence-electron chi connectivity index (χ4n) is 3.27. The van der Waals surface area contributed by atoms with Crippen molar-refractivity contribution in [1.82, 2.24) is 24.6 Å². The van der Waals surface area contributed by atoms with Crippen LogP contribution in [0, 0.1) is 6.92 Å². The second-order valence-corrected chi connectivity index (χ2v) is 7.12. The molecule has 0 radical (unpaired) electrons. The highest BCUT2D eigenvalue weighted by molar-refractivity contribution is 5.58. The second-order valence-electron chi connectivity index (χ2n) is 7.12. The average Bonchev–Trinajstić information content (AvgIpc) is 3.20. The van der Waals surface area contributed by atoms with Gasteiger partial charge < -0.3 is 14.8 Å². The molecule has 1 aliphatic rings. The Morgan fingerprint density at radius 1 is 1.17 bits per heavy atom. The van der Waals surface area contributed by atoms with Gasteiger partial charge in [0.1, 0.15) is 18.2 Å². The van der Waals surface area contributed by atoms with Gasteiger partial charge in [-0.05, 0) is 26.0 Å². The molecule has 3 aromatic rings. The van der Waals surface area contributed by atoms with Crippen LogP contribution in [0.4, 0.5) is 11.6 Å². The third-order valence-electron chi connectivity index (χ3n) is 4.78. The lowest BCUT2D eigenvalue weighted by atomic mass is 10.3. The zero-order valence-electron chi connectivity index (χ0n) is 16.8. The van der Waals surface area contributed by atoms with Gasteiger partial charge >= 0.3 is 0 Å². The highest BCUT2D eigenvalue weighted by atomic mass is 16.5. The number of nitrogens with one attached hydrogen (secondary N) is 1. The minimum Gasteiger partial charge on any atom is -0.488 e. The first kappa shape index (κ1) is 19.4. The second kappa shape index (κ2) is 9.02. The van der Waals surface area contributed by atoms with E-state index in [0.717, 1.165) is 55.7 Å². The summed E-state index contributed by atoms with van der Waals surface area (Å²) in [4.78, 5) is 11.2. The monoisotopic (exact) mass is 394 g/mol. The van der Waals surface area contributed by atoms with E-state index in [4.69, 9.17) is 9.47 Å². The number of hydrogen-bond donors (Lipinski definition) is 1. The van der Waals surface area contributed by atoms with Crippen molar-refractivity contribution in [3.63, 3.8) is 0 Å². The quantitative estimate of drug-likeness (QED) is 0.660. The van der Waals surface area contributed by atoms with Gasteiger partial charge in [-0.15, -0.1) is 5.10 Å². The van der Waals surface area contributed by atoms with E-state index in [2.05, 4.69) is 32.2 Å². The number of pyridine rings is 1. The van der Waals surface area contributed by atoms with Gasteiger partial charge in [0.25, 0.3) is 0 Å². The standard InChI is InChI=1S/C21H26N6O2/c1-16(14-26-8-10-28-11-9-26)29-19-12-20(17(2)22-13-19)24-21-23-15-27(25-21)18-6-4-3-5-7-18/h3-7,12-13,15-16H,8-11,14H2,1-2H3,(H,24,25). The first-order valence-corrected chi connectivity index (χ1v) is 9.85. The van der Waals surface area contributed by atoms with Crippen LogP contribution in [0.1, 0.15) is 12.6 Å². The summed E-state index contributed by atoms with van der Waals surface area (Å²) in [5.41, 5.74) is 2.64. The summed E-state index contributed by atoms with van der Waals surface area (Å²) in [5, 5.41) is 7.74. The molecule has 8 heteroatoms. The maximum Gasteiger partial charge on any atom is 0.247 e. The topological polar surface area (TPSA) is 77.3 Å². The van der Waals surface area contributed by atoms with Crippen molar-refractivity contribution in [2.24, 2.45) is 0 Å². The predicted molar refractivity (Wildman–Crippen MR) is 111 cm³/mol. The van der Waals surface area contributed by atoms with Gasteiger partial charge in [0, 0.05) is 25.7 Å². The lowest BCUT2D eigenvalue weighted by molar-refractivity contribution is 0.0218. The van der Waals surface area contributed by atoms with Crippen molar-refractivity contribution in [3.05, 3.63) is 54.6 Å². The van der Waals surface area contributed by atoms with Crippen LogP contribution in [-0.2, 0) is 4.74 Å². The molecule has 1 aliphatic heterocycles. The normalized spacial score (nSPS) is 15.8. The van der Waals surface area contributed by atoms with Crippen molar-refractivity contribution < 1.29 is 9.47 Å². The fraction of sp³-hybridized carbons (Fsp3) is 0.381.